The molecule has 0 bridgehead atoms. The highest BCUT2D eigenvalue weighted by Gasteiger charge is 2.25. The molecule has 1 aliphatic rings. The Morgan fingerprint density at radius 2 is 2.04 bits per heavy atom. The zero-order valence-electron chi connectivity index (χ0n) is 14.3. The fourth-order valence-corrected chi connectivity index (χ4v) is 3.88. The molecule has 1 saturated heterocycles. The standard InChI is InChI=1S/C18H20N6OS/c19-15(18-20-5-10-26-18)11-16(25)23-6-8-24(9-7-23)17-14-4-2-1-3-13(14)12-21-22-17/h1-5,10,12,15H,6-9,11,19H2. The topological polar surface area (TPSA) is 88.2 Å². The molecule has 0 aliphatic carbocycles. The Labute approximate surface area is 155 Å². The van der Waals surface area contributed by atoms with Gasteiger partial charge in [-0.2, -0.15) is 5.10 Å². The van der Waals surface area contributed by atoms with Gasteiger partial charge >= 0.3 is 0 Å². The van der Waals surface area contributed by atoms with E-state index in [0.717, 1.165) is 34.7 Å². The minimum absolute atomic E-state index is 0.0800. The first-order valence-electron chi connectivity index (χ1n) is 8.60. The van der Waals surface area contributed by atoms with Gasteiger partial charge in [-0.1, -0.05) is 24.3 Å². The molecule has 0 radical (unpaired) electrons. The number of nitrogens with two attached hydrogens (primary N) is 1. The van der Waals surface area contributed by atoms with Crippen molar-refractivity contribution in [3.8, 4) is 0 Å². The maximum Gasteiger partial charge on any atom is 0.224 e. The van der Waals surface area contributed by atoms with E-state index in [2.05, 4.69) is 26.1 Å². The number of hydrogen-bond acceptors (Lipinski definition) is 7. The van der Waals surface area contributed by atoms with Gasteiger partial charge in [-0.25, -0.2) is 4.98 Å². The maximum absolute atomic E-state index is 12.5. The van der Waals surface area contributed by atoms with Gasteiger partial charge in [-0.15, -0.1) is 16.4 Å². The van der Waals surface area contributed by atoms with E-state index in [4.69, 9.17) is 5.73 Å². The van der Waals surface area contributed by atoms with Gasteiger partial charge in [0.05, 0.1) is 12.2 Å². The molecule has 7 nitrogen and oxygen atoms in total. The van der Waals surface area contributed by atoms with E-state index >= 15 is 0 Å². The Morgan fingerprint density at radius 1 is 1.23 bits per heavy atom. The van der Waals surface area contributed by atoms with Crippen LogP contribution in [-0.2, 0) is 4.79 Å². The largest absolute Gasteiger partial charge is 0.351 e. The second-order valence-corrected chi connectivity index (χ2v) is 7.23. The minimum Gasteiger partial charge on any atom is -0.351 e. The number of thiazole rings is 1. The molecule has 4 rings (SSSR count). The summed E-state index contributed by atoms with van der Waals surface area (Å²) in [7, 11) is 0. The van der Waals surface area contributed by atoms with Crippen LogP contribution in [0.3, 0.4) is 0 Å². The summed E-state index contributed by atoms with van der Waals surface area (Å²) in [4.78, 5) is 20.8. The zero-order valence-corrected chi connectivity index (χ0v) is 15.1. The minimum atomic E-state index is -0.329. The summed E-state index contributed by atoms with van der Waals surface area (Å²) in [5, 5.41) is 13.3. The monoisotopic (exact) mass is 368 g/mol. The smallest absolute Gasteiger partial charge is 0.224 e. The van der Waals surface area contributed by atoms with E-state index in [1.807, 2.05) is 28.5 Å². The highest BCUT2D eigenvalue weighted by atomic mass is 32.1. The first-order chi connectivity index (χ1) is 12.7. The highest BCUT2D eigenvalue weighted by molar-refractivity contribution is 7.09. The van der Waals surface area contributed by atoms with Crippen molar-refractivity contribution in [3.05, 3.63) is 47.0 Å². The number of carbonyl (C=O) groups is 1. The first-order valence-corrected chi connectivity index (χ1v) is 9.48. The van der Waals surface area contributed by atoms with E-state index in [-0.39, 0.29) is 11.9 Å². The van der Waals surface area contributed by atoms with Crippen LogP contribution in [-0.4, -0.2) is 52.2 Å². The average molecular weight is 368 g/mol. The van der Waals surface area contributed by atoms with Crippen molar-refractivity contribution < 1.29 is 4.79 Å². The summed E-state index contributed by atoms with van der Waals surface area (Å²) < 4.78 is 0. The molecular formula is C18H20N6OS. The van der Waals surface area contributed by atoms with Crippen LogP contribution in [0.4, 0.5) is 5.82 Å². The number of rotatable bonds is 4. The van der Waals surface area contributed by atoms with E-state index in [1.54, 1.807) is 12.4 Å². The Hall–Kier alpha value is -2.58. The predicted molar refractivity (Wildman–Crippen MR) is 102 cm³/mol. The second kappa shape index (κ2) is 7.35. The van der Waals surface area contributed by atoms with E-state index < -0.39 is 0 Å². The van der Waals surface area contributed by atoms with Crippen LogP contribution in [0.1, 0.15) is 17.5 Å². The second-order valence-electron chi connectivity index (χ2n) is 6.30. The molecule has 2 aromatic heterocycles. The molecule has 2 N–H and O–H groups in total. The number of aromatic nitrogens is 3. The molecule has 1 amide bonds. The third-order valence-corrected chi connectivity index (χ3v) is 5.55. The summed E-state index contributed by atoms with van der Waals surface area (Å²) in [6.45, 7) is 2.80. The van der Waals surface area contributed by atoms with Crippen molar-refractivity contribution in [2.24, 2.45) is 5.73 Å². The SMILES string of the molecule is NC(CC(=O)N1CCN(c2nncc3ccccc23)CC1)c1nccs1. The molecule has 0 spiro atoms. The van der Waals surface area contributed by atoms with Crippen molar-refractivity contribution in [3.63, 3.8) is 0 Å². The lowest BCUT2D eigenvalue weighted by Gasteiger charge is -2.36. The normalized spacial score (nSPS) is 16.0. The Bertz CT molecular complexity index is 886. The lowest BCUT2D eigenvalue weighted by molar-refractivity contribution is -0.131. The van der Waals surface area contributed by atoms with Crippen molar-refractivity contribution >= 4 is 33.8 Å². The van der Waals surface area contributed by atoms with Crippen LogP contribution < -0.4 is 10.6 Å². The fourth-order valence-electron chi connectivity index (χ4n) is 3.24. The third kappa shape index (κ3) is 3.38. The number of fused-ring (bicyclic) bond motifs is 1. The van der Waals surface area contributed by atoms with Crippen LogP contribution in [0.5, 0.6) is 0 Å². The molecule has 3 aromatic rings. The zero-order chi connectivity index (χ0) is 17.9. The third-order valence-electron chi connectivity index (χ3n) is 4.65. The predicted octanol–water partition coefficient (Wildman–Crippen LogP) is 1.82. The number of hydrogen-bond donors (Lipinski definition) is 1. The van der Waals surface area contributed by atoms with Crippen LogP contribution in [0.2, 0.25) is 0 Å². The van der Waals surface area contributed by atoms with Gasteiger partial charge in [-0.05, 0) is 0 Å². The van der Waals surface area contributed by atoms with Gasteiger partial charge in [0.25, 0.3) is 0 Å². The lowest BCUT2D eigenvalue weighted by Crippen LogP contribution is -2.49. The molecule has 8 heteroatoms. The van der Waals surface area contributed by atoms with Gasteiger partial charge in [0.2, 0.25) is 5.91 Å². The maximum atomic E-state index is 12.5. The molecule has 1 fully saturated rings. The Kier molecular flexibility index (Phi) is 4.77. The van der Waals surface area contributed by atoms with E-state index in [0.29, 0.717) is 19.5 Å². The van der Waals surface area contributed by atoms with Gasteiger partial charge in [-0.3, -0.25) is 4.79 Å². The van der Waals surface area contributed by atoms with Gasteiger partial charge in [0.15, 0.2) is 5.82 Å². The van der Waals surface area contributed by atoms with Crippen molar-refractivity contribution in [2.75, 3.05) is 31.1 Å². The number of piperazine rings is 1. The van der Waals surface area contributed by atoms with Crippen LogP contribution in [0.15, 0.2) is 42.0 Å². The Morgan fingerprint density at radius 3 is 2.81 bits per heavy atom. The van der Waals surface area contributed by atoms with Crippen LogP contribution >= 0.6 is 11.3 Å². The highest BCUT2D eigenvalue weighted by Crippen LogP contribution is 2.24. The number of amides is 1. The van der Waals surface area contributed by atoms with Crippen LogP contribution in [0, 0.1) is 0 Å². The van der Waals surface area contributed by atoms with Gasteiger partial charge in [0, 0.05) is 54.9 Å². The summed E-state index contributed by atoms with van der Waals surface area (Å²) in [6, 6.07) is 7.77. The number of nitrogens with zero attached hydrogens (tertiary/aromatic N) is 5. The molecule has 1 atom stereocenters. The fraction of sp³-hybridized carbons (Fsp3) is 0.333. The quantitative estimate of drug-likeness (QED) is 0.756. The van der Waals surface area contributed by atoms with Crippen molar-refractivity contribution in [1.29, 1.82) is 0 Å². The van der Waals surface area contributed by atoms with Crippen molar-refractivity contribution in [2.45, 2.75) is 12.5 Å². The summed E-state index contributed by atoms with van der Waals surface area (Å²) >= 11 is 1.49. The number of carbonyl (C=O) groups excluding carboxylic acids is 1. The van der Waals surface area contributed by atoms with E-state index in [1.165, 1.54) is 11.3 Å². The Balaban J connectivity index is 1.40. The molecule has 134 valence electrons. The number of benzene rings is 1. The molecular weight excluding hydrogens is 348 g/mol. The summed E-state index contributed by atoms with van der Waals surface area (Å²) in [6.07, 6.45) is 3.79. The summed E-state index contributed by atoms with van der Waals surface area (Å²) in [5.41, 5.74) is 6.10. The van der Waals surface area contributed by atoms with E-state index in [9.17, 15) is 4.79 Å². The number of anilines is 1. The molecule has 1 aromatic carbocycles. The summed E-state index contributed by atoms with van der Waals surface area (Å²) in [5.74, 6) is 0.964. The van der Waals surface area contributed by atoms with Gasteiger partial charge in [0.1, 0.15) is 5.01 Å². The first kappa shape index (κ1) is 16.9. The molecule has 1 unspecified atom stereocenters. The molecule has 26 heavy (non-hydrogen) atoms. The molecule has 1 aliphatic heterocycles. The van der Waals surface area contributed by atoms with Crippen molar-refractivity contribution in [1.82, 2.24) is 20.1 Å². The lowest BCUT2D eigenvalue weighted by atomic mass is 10.1. The molecule has 0 saturated carbocycles. The molecule has 3 heterocycles. The van der Waals surface area contributed by atoms with Crippen LogP contribution in [0.25, 0.3) is 10.8 Å². The van der Waals surface area contributed by atoms with Gasteiger partial charge < -0.3 is 15.5 Å². The average Bonchev–Trinajstić information content (AvgIpc) is 3.23.